The average molecular weight is 250 g/mol. The molecule has 0 spiro atoms. The van der Waals surface area contributed by atoms with Crippen LogP contribution < -0.4 is 11.3 Å². The molecule has 0 saturated carbocycles. The minimum Gasteiger partial charge on any atom is -0.271 e. The summed E-state index contributed by atoms with van der Waals surface area (Å²) in [5.74, 6) is 5.31. The summed E-state index contributed by atoms with van der Waals surface area (Å²) in [5.41, 5.74) is 3.88. The van der Waals surface area contributed by atoms with Gasteiger partial charge in [-0.1, -0.05) is 0 Å². The molecule has 3 N–H and O–H groups in total. The molecule has 1 rings (SSSR count). The molecule has 1 aromatic heterocycles. The molecule has 7 heteroatoms. The van der Waals surface area contributed by atoms with Crippen molar-refractivity contribution in [3.05, 3.63) is 17.5 Å². The van der Waals surface area contributed by atoms with Gasteiger partial charge in [0.05, 0.1) is 17.4 Å². The second-order valence-corrected chi connectivity index (χ2v) is 3.90. The van der Waals surface area contributed by atoms with Crippen molar-refractivity contribution in [2.45, 2.75) is 45.5 Å². The van der Waals surface area contributed by atoms with Crippen molar-refractivity contribution in [2.24, 2.45) is 5.84 Å². The summed E-state index contributed by atoms with van der Waals surface area (Å²) in [6, 6.07) is 1.22. The van der Waals surface area contributed by atoms with Crippen molar-refractivity contribution in [1.29, 1.82) is 0 Å². The van der Waals surface area contributed by atoms with Crippen LogP contribution in [0.1, 0.15) is 37.2 Å². The van der Waals surface area contributed by atoms with E-state index in [2.05, 4.69) is 10.5 Å². The molecule has 98 valence electrons. The molecule has 0 amide bonds. The lowest BCUT2D eigenvalue weighted by Crippen LogP contribution is -2.31. The van der Waals surface area contributed by atoms with Crippen LogP contribution in [0.3, 0.4) is 0 Å². The lowest BCUT2D eigenvalue weighted by Gasteiger charge is -2.17. The van der Waals surface area contributed by atoms with Crippen molar-refractivity contribution in [3.8, 4) is 0 Å². The monoisotopic (exact) mass is 250 g/mol. The molecule has 0 aliphatic carbocycles. The Balaban J connectivity index is 2.78. The molecule has 0 aliphatic heterocycles. The standard InChI is InChI=1S/C10H17F3N4/c1-3-17-9(6-7(2)16-17)8(15-14)4-5-10(11,12)13/h6,8,15H,3-5,14H2,1-2H3. The summed E-state index contributed by atoms with van der Waals surface area (Å²) in [5, 5.41) is 4.18. The number of nitrogens with two attached hydrogens (primary N) is 1. The van der Waals surface area contributed by atoms with Gasteiger partial charge in [0.1, 0.15) is 0 Å². The van der Waals surface area contributed by atoms with E-state index in [1.165, 1.54) is 0 Å². The summed E-state index contributed by atoms with van der Waals surface area (Å²) in [6.07, 6.45) is -5.12. The van der Waals surface area contributed by atoms with Crippen LogP contribution in [0, 0.1) is 6.92 Å². The number of halogens is 3. The SMILES string of the molecule is CCn1nc(C)cc1C(CCC(F)(F)F)NN. The van der Waals surface area contributed by atoms with Gasteiger partial charge >= 0.3 is 6.18 Å². The van der Waals surface area contributed by atoms with Gasteiger partial charge in [-0.2, -0.15) is 18.3 Å². The van der Waals surface area contributed by atoms with E-state index >= 15 is 0 Å². The fourth-order valence-electron chi connectivity index (χ4n) is 1.72. The van der Waals surface area contributed by atoms with Crippen LogP contribution in [-0.2, 0) is 6.54 Å². The highest BCUT2D eigenvalue weighted by Gasteiger charge is 2.29. The highest BCUT2D eigenvalue weighted by Crippen LogP contribution is 2.27. The maximum absolute atomic E-state index is 12.2. The third-order valence-electron chi connectivity index (χ3n) is 2.51. The Bertz CT molecular complexity index is 359. The third kappa shape index (κ3) is 4.01. The largest absolute Gasteiger partial charge is 0.389 e. The topological polar surface area (TPSA) is 55.9 Å². The minimum atomic E-state index is -4.17. The van der Waals surface area contributed by atoms with Crippen molar-refractivity contribution in [3.63, 3.8) is 0 Å². The predicted octanol–water partition coefficient (Wildman–Crippen LogP) is 2.06. The van der Waals surface area contributed by atoms with Gasteiger partial charge in [0.15, 0.2) is 0 Å². The van der Waals surface area contributed by atoms with E-state index in [9.17, 15) is 13.2 Å². The number of rotatable bonds is 5. The smallest absolute Gasteiger partial charge is 0.271 e. The number of hydrogen-bond donors (Lipinski definition) is 2. The first-order chi connectivity index (χ1) is 7.87. The van der Waals surface area contributed by atoms with E-state index in [1.807, 2.05) is 6.92 Å². The highest BCUT2D eigenvalue weighted by molar-refractivity contribution is 5.13. The van der Waals surface area contributed by atoms with Crippen LogP contribution in [0.25, 0.3) is 0 Å². The van der Waals surface area contributed by atoms with Gasteiger partial charge in [-0.05, 0) is 26.3 Å². The summed E-state index contributed by atoms with van der Waals surface area (Å²) < 4.78 is 38.2. The Morgan fingerprint density at radius 3 is 2.65 bits per heavy atom. The molecule has 1 heterocycles. The Hall–Kier alpha value is -1.08. The molecule has 0 bridgehead atoms. The van der Waals surface area contributed by atoms with Crippen LogP contribution in [0.4, 0.5) is 13.2 Å². The molecular formula is C10H17F3N4. The molecule has 0 radical (unpaired) electrons. The van der Waals surface area contributed by atoms with Gasteiger partial charge in [0.2, 0.25) is 0 Å². The molecule has 0 saturated heterocycles. The van der Waals surface area contributed by atoms with Gasteiger partial charge in [-0.15, -0.1) is 0 Å². The van der Waals surface area contributed by atoms with Gasteiger partial charge < -0.3 is 0 Å². The maximum Gasteiger partial charge on any atom is 0.389 e. The number of hydrazine groups is 1. The van der Waals surface area contributed by atoms with E-state index in [0.29, 0.717) is 12.2 Å². The first-order valence-corrected chi connectivity index (χ1v) is 5.44. The molecule has 4 nitrogen and oxygen atoms in total. The predicted molar refractivity (Wildman–Crippen MR) is 58.0 cm³/mol. The Morgan fingerprint density at radius 1 is 1.53 bits per heavy atom. The zero-order valence-electron chi connectivity index (χ0n) is 9.88. The van der Waals surface area contributed by atoms with E-state index < -0.39 is 18.6 Å². The third-order valence-corrected chi connectivity index (χ3v) is 2.51. The van der Waals surface area contributed by atoms with Gasteiger partial charge in [-0.3, -0.25) is 16.0 Å². The fraction of sp³-hybridized carbons (Fsp3) is 0.700. The van der Waals surface area contributed by atoms with Crippen molar-refractivity contribution in [1.82, 2.24) is 15.2 Å². The summed E-state index contributed by atoms with van der Waals surface area (Å²) in [7, 11) is 0. The second kappa shape index (κ2) is 5.50. The molecular weight excluding hydrogens is 233 g/mol. The van der Waals surface area contributed by atoms with Gasteiger partial charge in [0, 0.05) is 13.0 Å². The van der Waals surface area contributed by atoms with Crippen molar-refractivity contribution >= 4 is 0 Å². The zero-order valence-corrected chi connectivity index (χ0v) is 9.88. The van der Waals surface area contributed by atoms with Crippen molar-refractivity contribution in [2.75, 3.05) is 0 Å². The molecule has 1 unspecified atom stereocenters. The Morgan fingerprint density at radius 2 is 2.18 bits per heavy atom. The summed E-state index contributed by atoms with van der Waals surface area (Å²) in [6.45, 7) is 4.29. The molecule has 0 aromatic carbocycles. The Labute approximate surface area is 97.9 Å². The normalized spacial score (nSPS) is 14.0. The summed E-state index contributed by atoms with van der Waals surface area (Å²) in [4.78, 5) is 0. The number of nitrogens with zero attached hydrogens (tertiary/aromatic N) is 2. The number of hydrogen-bond acceptors (Lipinski definition) is 3. The molecule has 0 aliphatic rings. The first kappa shape index (κ1) is 14.0. The van der Waals surface area contributed by atoms with Crippen LogP contribution >= 0.6 is 0 Å². The minimum absolute atomic E-state index is 0.0921. The first-order valence-electron chi connectivity index (χ1n) is 5.44. The van der Waals surface area contributed by atoms with Crippen LogP contribution in [0.15, 0.2) is 6.07 Å². The fourth-order valence-corrected chi connectivity index (χ4v) is 1.72. The summed E-state index contributed by atoms with van der Waals surface area (Å²) >= 11 is 0. The maximum atomic E-state index is 12.2. The lowest BCUT2D eigenvalue weighted by atomic mass is 10.1. The number of nitrogens with one attached hydrogen (secondary N) is 1. The van der Waals surface area contributed by atoms with Crippen LogP contribution in [0.2, 0.25) is 0 Å². The Kier molecular flexibility index (Phi) is 4.53. The van der Waals surface area contributed by atoms with Gasteiger partial charge in [-0.25, -0.2) is 0 Å². The molecule has 1 aromatic rings. The molecule has 0 fully saturated rings. The zero-order chi connectivity index (χ0) is 13.1. The van der Waals surface area contributed by atoms with E-state index in [0.717, 1.165) is 5.69 Å². The quantitative estimate of drug-likeness (QED) is 0.621. The van der Waals surface area contributed by atoms with E-state index in [-0.39, 0.29) is 6.42 Å². The highest BCUT2D eigenvalue weighted by atomic mass is 19.4. The number of aromatic nitrogens is 2. The van der Waals surface area contributed by atoms with E-state index in [1.54, 1.807) is 17.7 Å². The van der Waals surface area contributed by atoms with Crippen LogP contribution in [0.5, 0.6) is 0 Å². The van der Waals surface area contributed by atoms with Crippen molar-refractivity contribution < 1.29 is 13.2 Å². The van der Waals surface area contributed by atoms with Gasteiger partial charge in [0.25, 0.3) is 0 Å². The average Bonchev–Trinajstić information content (AvgIpc) is 2.59. The number of alkyl halides is 3. The second-order valence-electron chi connectivity index (χ2n) is 3.90. The molecule has 17 heavy (non-hydrogen) atoms. The van der Waals surface area contributed by atoms with E-state index in [4.69, 9.17) is 5.84 Å². The van der Waals surface area contributed by atoms with Crippen LogP contribution in [-0.4, -0.2) is 16.0 Å². The molecule has 1 atom stereocenters. The number of aryl methyl sites for hydroxylation is 2. The lowest BCUT2D eigenvalue weighted by molar-refractivity contribution is -0.136.